The molecule has 136 valence electrons. The normalized spacial score (nSPS) is 23.7. The molecule has 8 heteroatoms. The Bertz CT molecular complexity index is 974. The van der Waals surface area contributed by atoms with Crippen LogP contribution >= 0.6 is 11.6 Å². The third-order valence-corrected chi connectivity index (χ3v) is 5.03. The Labute approximate surface area is 159 Å². The van der Waals surface area contributed by atoms with E-state index in [1.807, 2.05) is 0 Å². The molecule has 0 saturated carbocycles. The van der Waals surface area contributed by atoms with Crippen molar-refractivity contribution in [1.29, 1.82) is 0 Å². The Morgan fingerprint density at radius 3 is 2.44 bits per heavy atom. The average molecular weight is 384 g/mol. The quantitative estimate of drug-likeness (QED) is 0.645. The van der Waals surface area contributed by atoms with Crippen LogP contribution in [-0.2, 0) is 24.7 Å². The van der Waals surface area contributed by atoms with Crippen LogP contribution in [0.5, 0.6) is 0 Å². The van der Waals surface area contributed by atoms with Crippen LogP contribution in [0, 0.1) is 5.92 Å². The van der Waals surface area contributed by atoms with E-state index in [2.05, 4.69) is 10.5 Å². The topological polar surface area (TPSA) is 88.1 Å². The molecule has 4 rings (SSSR count). The van der Waals surface area contributed by atoms with E-state index in [9.17, 15) is 14.4 Å². The first-order valence-electron chi connectivity index (χ1n) is 8.13. The highest BCUT2D eigenvalue weighted by Gasteiger charge is 2.67. The average Bonchev–Trinajstić information content (AvgIpc) is 3.19. The number of nitrogens with zero attached hydrogens (tertiary/aromatic N) is 2. The first-order valence-corrected chi connectivity index (χ1v) is 8.51. The molecule has 27 heavy (non-hydrogen) atoms. The van der Waals surface area contributed by atoms with Gasteiger partial charge in [-0.3, -0.25) is 15.0 Å². The second kappa shape index (κ2) is 6.21. The lowest BCUT2D eigenvalue weighted by molar-refractivity contribution is -0.133. The van der Waals surface area contributed by atoms with Crippen molar-refractivity contribution in [2.75, 3.05) is 12.0 Å². The summed E-state index contributed by atoms with van der Waals surface area (Å²) in [7, 11) is 1.20. The predicted octanol–water partition coefficient (Wildman–Crippen LogP) is 1.86. The Balaban J connectivity index is 1.90. The van der Waals surface area contributed by atoms with Gasteiger partial charge in [0.15, 0.2) is 11.3 Å². The third kappa shape index (κ3) is 2.35. The van der Waals surface area contributed by atoms with Gasteiger partial charge in [0.25, 0.3) is 5.91 Å². The van der Waals surface area contributed by atoms with Gasteiger partial charge in [0.1, 0.15) is 5.92 Å². The molecule has 2 heterocycles. The summed E-state index contributed by atoms with van der Waals surface area (Å²) in [4.78, 5) is 39.9. The van der Waals surface area contributed by atoms with E-state index in [-0.39, 0.29) is 5.71 Å². The molecule has 2 aliphatic rings. The van der Waals surface area contributed by atoms with Gasteiger partial charge in [0, 0.05) is 5.02 Å². The van der Waals surface area contributed by atoms with Crippen molar-refractivity contribution in [3.8, 4) is 0 Å². The smallest absolute Gasteiger partial charge is 0.355 e. The summed E-state index contributed by atoms with van der Waals surface area (Å²) in [6.07, 6.45) is 0. The highest BCUT2D eigenvalue weighted by molar-refractivity contribution is 6.47. The van der Waals surface area contributed by atoms with E-state index in [0.717, 1.165) is 4.90 Å². The van der Waals surface area contributed by atoms with Gasteiger partial charge in [-0.15, -0.1) is 0 Å². The number of hydrazone groups is 1. The van der Waals surface area contributed by atoms with Crippen molar-refractivity contribution in [3.05, 3.63) is 65.2 Å². The van der Waals surface area contributed by atoms with Gasteiger partial charge >= 0.3 is 5.97 Å². The van der Waals surface area contributed by atoms with Crippen LogP contribution < -0.4 is 10.3 Å². The molecule has 0 radical (unpaired) electrons. The third-order valence-electron chi connectivity index (χ3n) is 4.78. The number of methoxy groups -OCH3 is 1. The van der Waals surface area contributed by atoms with Crippen molar-refractivity contribution in [2.45, 2.75) is 5.54 Å². The fourth-order valence-corrected chi connectivity index (χ4v) is 3.64. The van der Waals surface area contributed by atoms with Crippen LogP contribution in [0.25, 0.3) is 0 Å². The molecule has 2 aliphatic heterocycles. The molecule has 0 aromatic heterocycles. The molecular weight excluding hydrogens is 370 g/mol. The highest BCUT2D eigenvalue weighted by Crippen LogP contribution is 2.45. The number of anilines is 1. The number of fused-ring (bicyclic) bond motifs is 1. The number of imide groups is 1. The molecular formula is C19H14ClN3O4. The minimum Gasteiger partial charge on any atom is -0.464 e. The van der Waals surface area contributed by atoms with E-state index in [1.54, 1.807) is 54.6 Å². The zero-order valence-corrected chi connectivity index (χ0v) is 14.9. The second-order valence-electron chi connectivity index (χ2n) is 6.16. The lowest BCUT2D eigenvalue weighted by atomic mass is 9.79. The predicted molar refractivity (Wildman–Crippen MR) is 98.1 cm³/mol. The van der Waals surface area contributed by atoms with E-state index in [0.29, 0.717) is 16.3 Å². The summed E-state index contributed by atoms with van der Waals surface area (Å²) in [5, 5.41) is 4.46. The van der Waals surface area contributed by atoms with Crippen LogP contribution in [0.3, 0.4) is 0 Å². The van der Waals surface area contributed by atoms with Crippen LogP contribution in [0.2, 0.25) is 5.02 Å². The molecule has 2 atom stereocenters. The number of hydrogen-bond acceptors (Lipinski definition) is 6. The number of carbonyl (C=O) groups is 3. The monoisotopic (exact) mass is 383 g/mol. The summed E-state index contributed by atoms with van der Waals surface area (Å²) in [6.45, 7) is 0. The van der Waals surface area contributed by atoms with Crippen molar-refractivity contribution in [3.63, 3.8) is 0 Å². The van der Waals surface area contributed by atoms with E-state index in [1.165, 1.54) is 7.11 Å². The van der Waals surface area contributed by atoms with Gasteiger partial charge < -0.3 is 4.74 Å². The first kappa shape index (κ1) is 17.2. The molecule has 2 amide bonds. The number of carbonyl (C=O) groups excluding carboxylic acids is 3. The molecule has 2 aromatic rings. The molecule has 0 unspecified atom stereocenters. The lowest BCUT2D eigenvalue weighted by Crippen LogP contribution is -2.48. The maximum atomic E-state index is 13.4. The van der Waals surface area contributed by atoms with Crippen LogP contribution in [-0.4, -0.2) is 30.6 Å². The van der Waals surface area contributed by atoms with Crippen molar-refractivity contribution < 1.29 is 19.1 Å². The lowest BCUT2D eigenvalue weighted by Gasteiger charge is -2.26. The van der Waals surface area contributed by atoms with E-state index < -0.39 is 29.2 Å². The number of esters is 1. The molecule has 0 bridgehead atoms. The fourth-order valence-electron chi connectivity index (χ4n) is 3.52. The summed E-state index contributed by atoms with van der Waals surface area (Å²) in [5.41, 5.74) is 1.98. The number of rotatable bonds is 3. The Hall–Kier alpha value is -3.19. The summed E-state index contributed by atoms with van der Waals surface area (Å²) >= 11 is 5.96. The van der Waals surface area contributed by atoms with Gasteiger partial charge in [0.05, 0.1) is 12.8 Å². The largest absolute Gasteiger partial charge is 0.464 e. The number of halogens is 1. The van der Waals surface area contributed by atoms with Crippen LogP contribution in [0.1, 0.15) is 5.56 Å². The zero-order chi connectivity index (χ0) is 19.2. The SMILES string of the molecule is COC(=O)C1=NN[C@@]2(c3ccc(Cl)cc3)C(=O)N(c3ccccc3)C(=O)[C@H]12. The van der Waals surface area contributed by atoms with Gasteiger partial charge in [-0.2, -0.15) is 5.10 Å². The van der Waals surface area contributed by atoms with Crippen molar-refractivity contribution in [2.24, 2.45) is 11.0 Å². The Morgan fingerprint density at radius 1 is 1.15 bits per heavy atom. The minimum absolute atomic E-state index is 0.135. The van der Waals surface area contributed by atoms with Crippen molar-refractivity contribution >= 4 is 40.8 Å². The van der Waals surface area contributed by atoms with Gasteiger partial charge in [-0.1, -0.05) is 41.9 Å². The highest BCUT2D eigenvalue weighted by atomic mass is 35.5. The molecule has 1 N–H and O–H groups in total. The summed E-state index contributed by atoms with van der Waals surface area (Å²) < 4.78 is 4.75. The Kier molecular flexibility index (Phi) is 3.96. The standard InChI is InChI=1S/C19H14ClN3O4/c1-27-17(25)15-14-16(24)23(13-5-3-2-4-6-13)18(26)19(14,22-21-15)11-7-9-12(20)10-8-11/h2-10,14,22H,1H3/t14-,19+/m0/s1. The number of amides is 2. The Morgan fingerprint density at radius 2 is 1.81 bits per heavy atom. The minimum atomic E-state index is -1.53. The molecule has 0 spiro atoms. The number of ether oxygens (including phenoxy) is 1. The number of benzene rings is 2. The van der Waals surface area contributed by atoms with Gasteiger partial charge in [0.2, 0.25) is 5.91 Å². The molecule has 1 fully saturated rings. The van der Waals surface area contributed by atoms with Crippen LogP contribution in [0.15, 0.2) is 59.7 Å². The molecule has 0 aliphatic carbocycles. The summed E-state index contributed by atoms with van der Waals surface area (Å²) in [5.74, 6) is -2.97. The molecule has 7 nitrogen and oxygen atoms in total. The van der Waals surface area contributed by atoms with Gasteiger partial charge in [-0.25, -0.2) is 9.69 Å². The first-order chi connectivity index (χ1) is 13.0. The number of para-hydroxylation sites is 1. The van der Waals surface area contributed by atoms with Crippen LogP contribution in [0.4, 0.5) is 5.69 Å². The number of hydrogen-bond donors (Lipinski definition) is 1. The van der Waals surface area contributed by atoms with E-state index in [4.69, 9.17) is 16.3 Å². The van der Waals surface area contributed by atoms with Gasteiger partial charge in [-0.05, 0) is 29.8 Å². The maximum Gasteiger partial charge on any atom is 0.355 e. The van der Waals surface area contributed by atoms with Crippen molar-refractivity contribution in [1.82, 2.24) is 5.43 Å². The fraction of sp³-hybridized carbons (Fsp3) is 0.158. The maximum absolute atomic E-state index is 13.4. The number of nitrogens with one attached hydrogen (secondary N) is 1. The van der Waals surface area contributed by atoms with E-state index >= 15 is 0 Å². The zero-order valence-electron chi connectivity index (χ0n) is 14.2. The molecule has 1 saturated heterocycles. The molecule has 2 aromatic carbocycles. The summed E-state index contributed by atoms with van der Waals surface area (Å²) in [6, 6.07) is 15.0. The second-order valence-corrected chi connectivity index (χ2v) is 6.60.